The highest BCUT2D eigenvalue weighted by molar-refractivity contribution is 5.36. The van der Waals surface area contributed by atoms with Gasteiger partial charge in [-0.25, -0.2) is 0 Å². The van der Waals surface area contributed by atoms with Crippen molar-refractivity contribution in [3.8, 4) is 6.07 Å². The molecule has 0 heterocycles. The minimum Gasteiger partial charge on any atom is -0.302 e. The van der Waals surface area contributed by atoms with E-state index in [2.05, 4.69) is 44.3 Å². The number of aryl methyl sites for hydroxylation is 3. The maximum absolute atomic E-state index is 8.65. The summed E-state index contributed by atoms with van der Waals surface area (Å²) >= 11 is 0. The lowest BCUT2D eigenvalue weighted by atomic mass is 9.99. The second-order valence-corrected chi connectivity index (χ2v) is 4.42. The van der Waals surface area contributed by atoms with Gasteiger partial charge in [-0.3, -0.25) is 0 Å². The highest BCUT2D eigenvalue weighted by Crippen LogP contribution is 2.15. The zero-order valence-electron chi connectivity index (χ0n) is 10.6. The van der Waals surface area contributed by atoms with E-state index in [4.69, 9.17) is 5.26 Å². The Morgan fingerprint density at radius 2 is 1.81 bits per heavy atom. The van der Waals surface area contributed by atoms with E-state index in [1.807, 2.05) is 6.92 Å². The van der Waals surface area contributed by atoms with E-state index in [1.165, 1.54) is 22.3 Å². The normalized spacial score (nSPS) is 12.2. The van der Waals surface area contributed by atoms with Gasteiger partial charge in [-0.1, -0.05) is 12.1 Å². The van der Waals surface area contributed by atoms with Crippen LogP contribution in [0.5, 0.6) is 0 Å². The van der Waals surface area contributed by atoms with Crippen LogP contribution in [0.2, 0.25) is 0 Å². The molecule has 0 saturated carbocycles. The van der Waals surface area contributed by atoms with Gasteiger partial charge in [-0.05, 0) is 56.4 Å². The summed E-state index contributed by atoms with van der Waals surface area (Å²) in [5.74, 6) is 0. The van der Waals surface area contributed by atoms with Crippen molar-refractivity contribution in [2.45, 2.75) is 40.2 Å². The van der Waals surface area contributed by atoms with Crippen LogP contribution in [0.15, 0.2) is 12.1 Å². The van der Waals surface area contributed by atoms with E-state index in [0.717, 1.165) is 13.0 Å². The predicted octanol–water partition coefficient (Wildman–Crippen LogP) is 2.66. The molecule has 0 spiro atoms. The van der Waals surface area contributed by atoms with Crippen LogP contribution in [0.3, 0.4) is 0 Å². The predicted molar refractivity (Wildman–Crippen MR) is 67.4 cm³/mol. The first-order valence-electron chi connectivity index (χ1n) is 5.74. The van der Waals surface area contributed by atoms with Crippen LogP contribution in [0, 0.1) is 32.1 Å². The molecule has 0 bridgehead atoms. The summed E-state index contributed by atoms with van der Waals surface area (Å²) < 4.78 is 0. The fourth-order valence-electron chi connectivity index (χ4n) is 1.76. The molecule has 1 unspecified atom stereocenters. The summed E-state index contributed by atoms with van der Waals surface area (Å²) in [5, 5.41) is 11.8. The largest absolute Gasteiger partial charge is 0.302 e. The van der Waals surface area contributed by atoms with E-state index in [9.17, 15) is 0 Å². The van der Waals surface area contributed by atoms with Gasteiger partial charge < -0.3 is 5.32 Å². The average Bonchev–Trinajstić information content (AvgIpc) is 2.25. The van der Waals surface area contributed by atoms with Gasteiger partial charge >= 0.3 is 0 Å². The molecule has 86 valence electrons. The Balaban J connectivity index is 2.61. The van der Waals surface area contributed by atoms with E-state index < -0.39 is 0 Å². The van der Waals surface area contributed by atoms with Crippen LogP contribution in [-0.2, 0) is 6.42 Å². The van der Waals surface area contributed by atoms with Gasteiger partial charge in [0, 0.05) is 6.54 Å². The fraction of sp³-hybridized carbons (Fsp3) is 0.500. The Hall–Kier alpha value is -1.33. The smallest absolute Gasteiger partial charge is 0.0924 e. The fourth-order valence-corrected chi connectivity index (χ4v) is 1.76. The maximum Gasteiger partial charge on any atom is 0.0924 e. The van der Waals surface area contributed by atoms with Crippen LogP contribution in [0.25, 0.3) is 0 Å². The number of nitrogens with zero attached hydrogens (tertiary/aromatic N) is 1. The van der Waals surface area contributed by atoms with Crippen LogP contribution in [0.4, 0.5) is 0 Å². The highest BCUT2D eigenvalue weighted by Gasteiger charge is 2.03. The van der Waals surface area contributed by atoms with Crippen molar-refractivity contribution in [1.82, 2.24) is 5.32 Å². The summed E-state index contributed by atoms with van der Waals surface area (Å²) in [6.45, 7) is 9.17. The first-order valence-corrected chi connectivity index (χ1v) is 5.74. The third-order valence-corrected chi connectivity index (χ3v) is 2.99. The Kier molecular flexibility index (Phi) is 4.52. The minimum absolute atomic E-state index is 0.0631. The molecule has 0 aliphatic rings. The lowest BCUT2D eigenvalue weighted by Gasteiger charge is -2.11. The number of rotatable bonds is 4. The van der Waals surface area contributed by atoms with Gasteiger partial charge in [0.15, 0.2) is 0 Å². The third kappa shape index (κ3) is 3.36. The van der Waals surface area contributed by atoms with E-state index in [0.29, 0.717) is 0 Å². The molecular formula is C14H20N2. The quantitative estimate of drug-likeness (QED) is 0.840. The Morgan fingerprint density at radius 3 is 2.44 bits per heavy atom. The third-order valence-electron chi connectivity index (χ3n) is 2.99. The summed E-state index contributed by atoms with van der Waals surface area (Å²) in [4.78, 5) is 0. The van der Waals surface area contributed by atoms with Crippen molar-refractivity contribution in [2.75, 3.05) is 6.54 Å². The summed E-state index contributed by atoms with van der Waals surface area (Å²) in [5.41, 5.74) is 5.41. The SMILES string of the molecule is Cc1cc(C)c(CCNC(C)C#N)cc1C. The molecule has 1 aromatic rings. The number of benzene rings is 1. The highest BCUT2D eigenvalue weighted by atomic mass is 14.9. The van der Waals surface area contributed by atoms with E-state index >= 15 is 0 Å². The molecule has 1 aromatic carbocycles. The Labute approximate surface area is 98.3 Å². The minimum atomic E-state index is -0.0631. The number of nitriles is 1. The summed E-state index contributed by atoms with van der Waals surface area (Å²) in [7, 11) is 0. The molecular weight excluding hydrogens is 196 g/mol. The number of hydrogen-bond donors (Lipinski definition) is 1. The van der Waals surface area contributed by atoms with Crippen molar-refractivity contribution in [3.05, 3.63) is 34.4 Å². The molecule has 0 aromatic heterocycles. The van der Waals surface area contributed by atoms with Crippen molar-refractivity contribution in [3.63, 3.8) is 0 Å². The first-order chi connectivity index (χ1) is 7.54. The molecule has 0 fully saturated rings. The van der Waals surface area contributed by atoms with Crippen LogP contribution in [0.1, 0.15) is 29.2 Å². The van der Waals surface area contributed by atoms with E-state index in [-0.39, 0.29) is 6.04 Å². The first kappa shape index (κ1) is 12.7. The molecule has 2 nitrogen and oxygen atoms in total. The molecule has 16 heavy (non-hydrogen) atoms. The molecule has 0 aliphatic heterocycles. The van der Waals surface area contributed by atoms with Crippen LogP contribution in [-0.4, -0.2) is 12.6 Å². The number of nitrogens with one attached hydrogen (secondary N) is 1. The average molecular weight is 216 g/mol. The van der Waals surface area contributed by atoms with Gasteiger partial charge in [-0.2, -0.15) is 5.26 Å². The summed E-state index contributed by atoms with van der Waals surface area (Å²) in [6, 6.07) is 6.60. The van der Waals surface area contributed by atoms with Gasteiger partial charge in [0.2, 0.25) is 0 Å². The molecule has 1 atom stereocenters. The van der Waals surface area contributed by atoms with Gasteiger partial charge in [0.1, 0.15) is 0 Å². The summed E-state index contributed by atoms with van der Waals surface area (Å²) in [6.07, 6.45) is 0.985. The van der Waals surface area contributed by atoms with Gasteiger partial charge in [0.05, 0.1) is 12.1 Å². The number of hydrogen-bond acceptors (Lipinski definition) is 2. The Morgan fingerprint density at radius 1 is 1.19 bits per heavy atom. The topological polar surface area (TPSA) is 35.8 Å². The van der Waals surface area contributed by atoms with Crippen LogP contribution >= 0.6 is 0 Å². The van der Waals surface area contributed by atoms with Crippen molar-refractivity contribution in [2.24, 2.45) is 0 Å². The van der Waals surface area contributed by atoms with Crippen molar-refractivity contribution < 1.29 is 0 Å². The zero-order chi connectivity index (χ0) is 12.1. The lowest BCUT2D eigenvalue weighted by molar-refractivity contribution is 0.639. The van der Waals surface area contributed by atoms with Gasteiger partial charge in [0.25, 0.3) is 0 Å². The van der Waals surface area contributed by atoms with E-state index in [1.54, 1.807) is 0 Å². The second kappa shape index (κ2) is 5.67. The molecule has 2 heteroatoms. The zero-order valence-corrected chi connectivity index (χ0v) is 10.6. The van der Waals surface area contributed by atoms with Gasteiger partial charge in [-0.15, -0.1) is 0 Å². The standard InChI is InChI=1S/C14H20N2/c1-10-7-12(3)14(8-11(10)2)5-6-16-13(4)9-15/h7-8,13,16H,5-6H2,1-4H3. The molecule has 0 aliphatic carbocycles. The maximum atomic E-state index is 8.65. The second-order valence-electron chi connectivity index (χ2n) is 4.42. The monoisotopic (exact) mass is 216 g/mol. The lowest BCUT2D eigenvalue weighted by Crippen LogP contribution is -2.26. The molecule has 1 N–H and O–H groups in total. The van der Waals surface area contributed by atoms with Crippen LogP contribution < -0.4 is 5.32 Å². The molecule has 1 rings (SSSR count). The molecule has 0 radical (unpaired) electrons. The van der Waals surface area contributed by atoms with Crippen molar-refractivity contribution >= 4 is 0 Å². The Bertz CT molecular complexity index is 402. The molecule has 0 saturated heterocycles. The molecule has 0 amide bonds. The van der Waals surface area contributed by atoms with Crippen molar-refractivity contribution in [1.29, 1.82) is 5.26 Å².